The summed E-state index contributed by atoms with van der Waals surface area (Å²) in [5.41, 5.74) is 20.1. The van der Waals surface area contributed by atoms with Crippen molar-refractivity contribution in [1.82, 2.24) is 51.3 Å². The number of ketones is 10. The highest BCUT2D eigenvalue weighted by Gasteiger charge is 2.44. The number of aliphatic hydroxyl groups excluding tert-OH is 1. The SMILES string of the molecule is CC(=O)NCC1=Cc2c(c(-c3ccc(N)cc3)cn2S(=O)(=O)c2ccc(N)cc2)C(=O)C1=O.CC(=O)NCC1=Cc2c(c(-c3ccccc3)nn2S(=O)(=O)c2ccccc2)C(=O)C1=O.NCC1=Cc2c(c(-c3ccccc3)nn2S(=O)(=O)c2ccccc2)C(=O)C1=O.O=C1C(=O)c2c(-c3ccccc3)nn(S(=O)(=O)c3ccccc3)c2C=C1CO.[C-]#[N+]C1=Cc2c(c(-c3ccccc3)nn2S(=O)(=O)c2ccccc2)C(=O)C1=O. The molecule has 0 bridgehead atoms. The first-order valence-corrected chi connectivity index (χ1v) is 51.3. The van der Waals surface area contributed by atoms with Crippen LogP contribution in [0.3, 0.4) is 0 Å². The Bertz CT molecular complexity index is 8730. The first kappa shape index (κ1) is 102. The topological polar surface area (TPSA) is 578 Å². The monoisotopic (exact) mass is 2080 g/mol. The second-order valence-electron chi connectivity index (χ2n) is 32.6. The van der Waals surface area contributed by atoms with E-state index in [2.05, 4.69) is 35.9 Å². The third-order valence-electron chi connectivity index (χ3n) is 23.1. The highest BCUT2D eigenvalue weighted by atomic mass is 32.2. The molecule has 5 aliphatic carbocycles. The van der Waals surface area contributed by atoms with Gasteiger partial charge in [-0.25, -0.2) is 17.2 Å². The summed E-state index contributed by atoms with van der Waals surface area (Å²) in [7, 11) is -20.7. The number of aromatic nitrogens is 9. The maximum Gasteiger partial charge on any atom is 0.283 e. The molecule has 9 N–H and O–H groups in total. The fraction of sp³-hybridized carbons (Fsp3) is 0.0571. The van der Waals surface area contributed by atoms with Crippen LogP contribution in [0.15, 0.2) is 350 Å². The molecule has 43 heteroatoms. The number of anilines is 2. The quantitative estimate of drug-likeness (QED) is 0.0221. The Morgan fingerprint density at radius 1 is 0.311 bits per heavy atom. The fourth-order valence-corrected chi connectivity index (χ4v) is 22.4. The van der Waals surface area contributed by atoms with Gasteiger partial charge in [0.1, 0.15) is 22.8 Å². The second kappa shape index (κ2) is 41.8. The number of nitrogen functional groups attached to an aromatic ring is 2. The van der Waals surface area contributed by atoms with E-state index in [-0.39, 0.29) is 157 Å². The van der Waals surface area contributed by atoms with Crippen LogP contribution in [0, 0.1) is 6.57 Å². The molecule has 0 fully saturated rings. The van der Waals surface area contributed by atoms with Crippen LogP contribution in [-0.2, 0) is 83.7 Å². The zero-order valence-corrected chi connectivity index (χ0v) is 81.3. The normalized spacial score (nSPS) is 13.7. The first-order chi connectivity index (χ1) is 70.7. The average molecular weight is 2080 g/mol. The van der Waals surface area contributed by atoms with Gasteiger partial charge in [-0.05, 0) is 121 Å². The van der Waals surface area contributed by atoms with Crippen molar-refractivity contribution in [3.8, 4) is 56.2 Å². The number of nitrogens with one attached hydrogen (secondary N) is 2. The number of allylic oxidation sites excluding steroid dienone is 1. The lowest BCUT2D eigenvalue weighted by Gasteiger charge is -2.16. The minimum absolute atomic E-state index is 0.0109. The smallest absolute Gasteiger partial charge is 0.283 e. The van der Waals surface area contributed by atoms with E-state index in [1.165, 1.54) is 117 Å². The van der Waals surface area contributed by atoms with Crippen LogP contribution < -0.4 is 27.8 Å². The zero-order chi connectivity index (χ0) is 106. The highest BCUT2D eigenvalue weighted by Crippen LogP contribution is 2.42. The first-order valence-electron chi connectivity index (χ1n) is 44.1. The predicted octanol–water partition coefficient (Wildman–Crippen LogP) is 10.5. The largest absolute Gasteiger partial charge is 0.399 e. The van der Waals surface area contributed by atoms with Gasteiger partial charge in [-0.15, -0.1) is 0 Å². The number of benzene rings is 10. The second-order valence-corrected chi connectivity index (χ2v) is 41.5. The van der Waals surface area contributed by atoms with Crippen molar-refractivity contribution in [2.24, 2.45) is 5.73 Å². The molecule has 10 aromatic carbocycles. The Balaban J connectivity index is 0.000000132. The van der Waals surface area contributed by atoms with E-state index >= 15 is 0 Å². The molecule has 0 atom stereocenters. The van der Waals surface area contributed by atoms with E-state index in [0.29, 0.717) is 39.2 Å². The van der Waals surface area contributed by atoms with Crippen molar-refractivity contribution < 1.29 is 105 Å². The molecule has 5 aliphatic rings. The van der Waals surface area contributed by atoms with Gasteiger partial charge in [0.25, 0.3) is 50.1 Å². The van der Waals surface area contributed by atoms with Gasteiger partial charge in [0.05, 0.1) is 93.9 Å². The van der Waals surface area contributed by atoms with Gasteiger partial charge in [-0.1, -0.05) is 206 Å². The lowest BCUT2D eigenvalue weighted by molar-refractivity contribution is -0.119. The standard InChI is InChI=1S/C23H20N4O5S.C22H17N3O5S.C20H11N3O4S.C20H15N3O4S.C20H14N2O5S/c1-13(28)26-11-15-10-20-21(23(30)22(15)29)19(14-2-4-16(24)5-3-14)12-27(20)33(31,32)18-8-6-17(25)7-9-18;1-14(26)23-13-16-12-18-19(22(28)21(16)27)20(15-8-4-2-5-9-15)24-25(18)31(29,30)17-10-6-3-7-11-17;1-21-15-12-16-17(20(25)19(15)24)18(13-8-4-2-5-9-13)22-23(16)28(26,27)14-10-6-3-7-11-14;21-12-14-11-16-17(20(25)19(14)24)18(13-7-3-1-4-8-13)22-23(16)28(26,27)15-9-5-2-6-10-15;23-12-14-11-16-17(20(25)19(14)24)18(13-7-3-1-4-8-13)21-22(16)28(26,27)15-9-5-2-6-10-15/h2-10,12H,11,24-25H2,1H3,(H,26,28);2-12H,13H2,1H3,(H,23,26);2-12H;1-11H,12,21H2;1-11,23H,12H2. The molecule has 20 rings (SSSR count). The third kappa shape index (κ3) is 19.7. The summed E-state index contributed by atoms with van der Waals surface area (Å²) >= 11 is 0. The molecular weight excluding hydrogens is 2000 g/mol. The van der Waals surface area contributed by atoms with Gasteiger partial charge in [0, 0.05) is 101 Å². The van der Waals surface area contributed by atoms with E-state index in [1.807, 2.05) is 0 Å². The van der Waals surface area contributed by atoms with Crippen LogP contribution >= 0.6 is 0 Å². The zero-order valence-electron chi connectivity index (χ0n) is 77.2. The summed E-state index contributed by atoms with van der Waals surface area (Å²) in [6.45, 7) is 8.41. The van der Waals surface area contributed by atoms with Crippen molar-refractivity contribution in [3.63, 3.8) is 0 Å². The van der Waals surface area contributed by atoms with Crippen molar-refractivity contribution in [1.29, 1.82) is 0 Å². The van der Waals surface area contributed by atoms with Gasteiger partial charge < -0.3 is 32.9 Å². The van der Waals surface area contributed by atoms with E-state index in [4.69, 9.17) is 23.8 Å². The Labute approximate surface area is 842 Å². The van der Waals surface area contributed by atoms with Crippen molar-refractivity contribution in [2.75, 3.05) is 37.7 Å². The maximum atomic E-state index is 13.5. The lowest BCUT2D eigenvalue weighted by atomic mass is 9.90. The number of nitrogens with two attached hydrogens (primary N) is 3. The molecule has 0 saturated carbocycles. The Morgan fingerprint density at radius 2 is 0.568 bits per heavy atom. The third-order valence-corrected chi connectivity index (χ3v) is 31.2. The molecule has 148 heavy (non-hydrogen) atoms. The summed E-state index contributed by atoms with van der Waals surface area (Å²) in [6.07, 6.45) is 7.58. The fourth-order valence-electron chi connectivity index (χ4n) is 15.9. The molecule has 15 aromatic rings. The molecule has 0 unspecified atom stereocenters. The molecular formula is C105H77N15O23S5. The number of carbonyl (C=O) groups is 12. The van der Waals surface area contributed by atoms with Crippen LogP contribution in [-0.4, -0.2) is 184 Å². The number of Topliss-reactive ketones (excluding diaryl/α,β-unsaturated/α-hetero) is 10. The molecule has 740 valence electrons. The van der Waals surface area contributed by atoms with E-state index in [1.54, 1.807) is 218 Å². The number of amides is 2. The van der Waals surface area contributed by atoms with Gasteiger partial charge in [-0.3, -0.25) is 57.5 Å². The van der Waals surface area contributed by atoms with Crippen LogP contribution in [0.1, 0.15) is 94.1 Å². The number of hydrogen-bond acceptors (Lipinski definition) is 30. The molecule has 5 heterocycles. The summed E-state index contributed by atoms with van der Waals surface area (Å²) in [5.74, 6) is -9.37. The molecule has 0 radical (unpaired) electrons. The summed E-state index contributed by atoms with van der Waals surface area (Å²) in [5, 5.41) is 31.2. The van der Waals surface area contributed by atoms with Gasteiger partial charge >= 0.3 is 0 Å². The minimum Gasteiger partial charge on any atom is -0.399 e. The van der Waals surface area contributed by atoms with E-state index in [9.17, 15) is 105 Å². The minimum atomic E-state index is -4.15. The van der Waals surface area contributed by atoms with Crippen LogP contribution in [0.5, 0.6) is 0 Å². The van der Waals surface area contributed by atoms with Crippen LogP contribution in [0.2, 0.25) is 0 Å². The number of aliphatic hydroxyl groups is 1. The van der Waals surface area contributed by atoms with Gasteiger partial charge in [-0.2, -0.15) is 70.4 Å². The Kier molecular flexibility index (Phi) is 28.9. The van der Waals surface area contributed by atoms with Gasteiger partial charge in [0.2, 0.25) is 75.3 Å². The Hall–Kier alpha value is -18.6. The number of fused-ring (bicyclic) bond motifs is 5. The number of carbonyl (C=O) groups excluding carboxylic acids is 12. The summed E-state index contributed by atoms with van der Waals surface area (Å²) < 4.78 is 137. The number of nitrogens with zero attached hydrogens (tertiary/aromatic N) is 10. The number of rotatable bonds is 21. The summed E-state index contributed by atoms with van der Waals surface area (Å²) in [6, 6.07) is 77.1. The average Bonchev–Trinajstić information content (AvgIpc) is 1.59. The molecule has 0 aliphatic heterocycles. The Morgan fingerprint density at radius 3 is 0.872 bits per heavy atom. The van der Waals surface area contributed by atoms with Gasteiger partial charge in [0.15, 0.2) is 0 Å². The molecule has 5 aromatic heterocycles. The van der Waals surface area contributed by atoms with Crippen molar-refractivity contribution in [3.05, 3.63) is 393 Å². The van der Waals surface area contributed by atoms with Crippen molar-refractivity contribution in [2.45, 2.75) is 38.3 Å². The molecule has 0 spiro atoms. The van der Waals surface area contributed by atoms with E-state index < -0.39 is 126 Å². The number of hydrogen-bond donors (Lipinski definition) is 6. The molecule has 2 amide bonds. The van der Waals surface area contributed by atoms with Crippen LogP contribution in [0.25, 0.3) is 91.4 Å². The summed E-state index contributed by atoms with van der Waals surface area (Å²) in [4.78, 5) is 152. The highest BCUT2D eigenvalue weighted by molar-refractivity contribution is 7.91. The molecule has 0 saturated heterocycles. The molecule has 38 nitrogen and oxygen atoms in total. The van der Waals surface area contributed by atoms with Crippen molar-refractivity contribution >= 4 is 162 Å². The predicted molar refractivity (Wildman–Crippen MR) is 541 cm³/mol. The lowest BCUT2D eigenvalue weighted by Crippen LogP contribution is -2.31. The maximum absolute atomic E-state index is 13.5. The van der Waals surface area contributed by atoms with Crippen LogP contribution in [0.4, 0.5) is 11.4 Å². The van der Waals surface area contributed by atoms with E-state index in [0.717, 1.165) is 26.4 Å².